The Bertz CT molecular complexity index is 496. The Balaban J connectivity index is 3.05. The number of aliphatic carboxylic acids is 1. The van der Waals surface area contributed by atoms with E-state index >= 15 is 0 Å². The summed E-state index contributed by atoms with van der Waals surface area (Å²) in [5, 5.41) is 12.2. The van der Waals surface area contributed by atoms with Crippen LogP contribution in [0.2, 0.25) is 5.02 Å². The molecule has 1 rings (SSSR count). The van der Waals surface area contributed by atoms with Crippen LogP contribution >= 0.6 is 11.6 Å². The van der Waals surface area contributed by atoms with Gasteiger partial charge in [0.1, 0.15) is 11.2 Å². The quantitative estimate of drug-likeness (QED) is 0.874. The molecule has 1 atom stereocenters. The van der Waals surface area contributed by atoms with Gasteiger partial charge in [0, 0.05) is 12.2 Å². The molecular formula is C13H19ClN2O3. The summed E-state index contributed by atoms with van der Waals surface area (Å²) in [5.41, 5.74) is -0.920. The molecule has 0 radical (unpaired) electrons. The third-order valence-corrected chi connectivity index (χ3v) is 3.38. The maximum atomic E-state index is 12.2. The summed E-state index contributed by atoms with van der Waals surface area (Å²) in [5.74, 6) is -1.50. The monoisotopic (exact) mass is 286 g/mol. The highest BCUT2D eigenvalue weighted by molar-refractivity contribution is 6.31. The largest absolute Gasteiger partial charge is 0.480 e. The third-order valence-electron chi connectivity index (χ3n) is 3.17. The first-order valence-electron chi connectivity index (χ1n) is 6.14. The molecule has 5 nitrogen and oxygen atoms in total. The molecule has 0 saturated carbocycles. The summed E-state index contributed by atoms with van der Waals surface area (Å²) in [7, 11) is 0. The lowest BCUT2D eigenvalue weighted by atomic mass is 9.99. The molecule has 19 heavy (non-hydrogen) atoms. The Morgan fingerprint density at radius 2 is 2.11 bits per heavy atom. The summed E-state index contributed by atoms with van der Waals surface area (Å²) in [6.45, 7) is 7.03. The average Bonchev–Trinajstić information content (AvgIpc) is 2.71. The van der Waals surface area contributed by atoms with E-state index in [1.165, 1.54) is 13.0 Å². The molecular weight excluding hydrogens is 268 g/mol. The lowest BCUT2D eigenvalue weighted by Gasteiger charge is -2.25. The number of carbonyl (C=O) groups is 2. The van der Waals surface area contributed by atoms with E-state index in [2.05, 4.69) is 5.32 Å². The summed E-state index contributed by atoms with van der Waals surface area (Å²) in [4.78, 5) is 23.4. The van der Waals surface area contributed by atoms with E-state index in [0.29, 0.717) is 17.1 Å². The number of carboxylic acid groups (broad SMARTS) is 1. The van der Waals surface area contributed by atoms with Crippen molar-refractivity contribution in [3.63, 3.8) is 0 Å². The van der Waals surface area contributed by atoms with Crippen LogP contribution in [0, 0.1) is 0 Å². The van der Waals surface area contributed by atoms with Crippen LogP contribution in [0.1, 0.15) is 50.6 Å². The Morgan fingerprint density at radius 1 is 1.53 bits per heavy atom. The van der Waals surface area contributed by atoms with Crippen LogP contribution in [0.15, 0.2) is 12.3 Å². The maximum absolute atomic E-state index is 12.2. The fraction of sp³-hybridized carbons (Fsp3) is 0.538. The number of aromatic nitrogens is 1. The normalized spacial score (nSPS) is 14.2. The van der Waals surface area contributed by atoms with Crippen molar-refractivity contribution in [3.05, 3.63) is 23.0 Å². The maximum Gasteiger partial charge on any atom is 0.329 e. The lowest BCUT2D eigenvalue weighted by molar-refractivity contribution is -0.143. The van der Waals surface area contributed by atoms with E-state index in [-0.39, 0.29) is 6.04 Å². The van der Waals surface area contributed by atoms with Crippen molar-refractivity contribution < 1.29 is 14.7 Å². The Hall–Kier alpha value is -1.49. The molecule has 0 saturated heterocycles. The smallest absolute Gasteiger partial charge is 0.329 e. The molecule has 1 unspecified atom stereocenters. The number of amides is 1. The van der Waals surface area contributed by atoms with E-state index < -0.39 is 17.4 Å². The van der Waals surface area contributed by atoms with Gasteiger partial charge in [-0.1, -0.05) is 18.5 Å². The van der Waals surface area contributed by atoms with Crippen molar-refractivity contribution in [2.45, 2.75) is 45.7 Å². The third kappa shape index (κ3) is 3.29. The number of carboxylic acids is 1. The Kier molecular flexibility index (Phi) is 4.63. The van der Waals surface area contributed by atoms with Gasteiger partial charge < -0.3 is 15.0 Å². The molecule has 1 amide bonds. The summed E-state index contributed by atoms with van der Waals surface area (Å²) >= 11 is 5.90. The fourth-order valence-corrected chi connectivity index (χ4v) is 1.87. The topological polar surface area (TPSA) is 71.3 Å². The van der Waals surface area contributed by atoms with Gasteiger partial charge in [-0.2, -0.15) is 0 Å². The first-order valence-corrected chi connectivity index (χ1v) is 6.52. The van der Waals surface area contributed by atoms with Gasteiger partial charge in [0.25, 0.3) is 5.91 Å². The van der Waals surface area contributed by atoms with Crippen LogP contribution in [0.3, 0.4) is 0 Å². The van der Waals surface area contributed by atoms with Crippen molar-refractivity contribution in [1.29, 1.82) is 0 Å². The molecule has 0 aliphatic heterocycles. The van der Waals surface area contributed by atoms with Crippen LogP contribution < -0.4 is 5.32 Å². The number of carbonyl (C=O) groups excluding carboxylic acids is 1. The zero-order valence-corrected chi connectivity index (χ0v) is 12.3. The summed E-state index contributed by atoms with van der Waals surface area (Å²) in [6, 6.07) is 1.60. The second-order valence-corrected chi connectivity index (χ2v) is 5.43. The van der Waals surface area contributed by atoms with E-state index in [4.69, 9.17) is 16.7 Å². The fourth-order valence-electron chi connectivity index (χ4n) is 1.66. The summed E-state index contributed by atoms with van der Waals surface area (Å²) < 4.78 is 1.72. The minimum Gasteiger partial charge on any atom is -0.480 e. The molecule has 0 aliphatic carbocycles. The first kappa shape index (κ1) is 15.6. The lowest BCUT2D eigenvalue weighted by Crippen LogP contribution is -2.52. The highest BCUT2D eigenvalue weighted by Gasteiger charge is 2.33. The Labute approximate surface area is 117 Å². The number of halogens is 1. The second kappa shape index (κ2) is 5.65. The number of nitrogens with zero attached hydrogens (tertiary/aromatic N) is 1. The standard InChI is InChI=1S/C13H19ClN2O3/c1-5-13(4,12(18)19)15-11(17)10-6-9(14)7-16(10)8(2)3/h6-8H,5H2,1-4H3,(H,15,17)(H,18,19). The Morgan fingerprint density at radius 3 is 2.53 bits per heavy atom. The molecule has 0 aliphatic rings. The van der Waals surface area contributed by atoms with E-state index in [9.17, 15) is 9.59 Å². The van der Waals surface area contributed by atoms with Crippen LogP contribution in [-0.2, 0) is 4.79 Å². The van der Waals surface area contributed by atoms with Crippen LogP contribution in [-0.4, -0.2) is 27.1 Å². The number of nitrogens with one attached hydrogen (secondary N) is 1. The van der Waals surface area contributed by atoms with Crippen molar-refractivity contribution >= 4 is 23.5 Å². The number of hydrogen-bond acceptors (Lipinski definition) is 2. The van der Waals surface area contributed by atoms with Gasteiger partial charge >= 0.3 is 5.97 Å². The van der Waals surface area contributed by atoms with Crippen molar-refractivity contribution in [2.75, 3.05) is 0 Å². The van der Waals surface area contributed by atoms with Crippen LogP contribution in [0.25, 0.3) is 0 Å². The van der Waals surface area contributed by atoms with E-state index in [0.717, 1.165) is 0 Å². The minimum absolute atomic E-state index is 0.0611. The van der Waals surface area contributed by atoms with Gasteiger partial charge in [-0.15, -0.1) is 0 Å². The van der Waals surface area contributed by atoms with Gasteiger partial charge in [0.15, 0.2) is 0 Å². The molecule has 0 fully saturated rings. The van der Waals surface area contributed by atoms with Crippen LogP contribution in [0.5, 0.6) is 0 Å². The predicted molar refractivity (Wildman–Crippen MR) is 73.6 cm³/mol. The van der Waals surface area contributed by atoms with Crippen molar-refractivity contribution in [3.8, 4) is 0 Å². The zero-order chi connectivity index (χ0) is 14.8. The van der Waals surface area contributed by atoms with Crippen LogP contribution in [0.4, 0.5) is 0 Å². The van der Waals surface area contributed by atoms with E-state index in [1.54, 1.807) is 17.7 Å². The first-order chi connectivity index (χ1) is 8.71. The molecule has 1 heterocycles. The molecule has 1 aromatic heterocycles. The molecule has 1 aromatic rings. The average molecular weight is 287 g/mol. The molecule has 0 bridgehead atoms. The molecule has 0 aromatic carbocycles. The zero-order valence-electron chi connectivity index (χ0n) is 11.5. The van der Waals surface area contributed by atoms with Gasteiger partial charge in [0.05, 0.1) is 5.02 Å². The SMILES string of the molecule is CCC(C)(NC(=O)c1cc(Cl)cn1C(C)C)C(=O)O. The predicted octanol–water partition coefficient (Wildman–Crippen LogP) is 2.71. The van der Waals surface area contributed by atoms with Gasteiger partial charge in [-0.25, -0.2) is 4.79 Å². The van der Waals surface area contributed by atoms with Gasteiger partial charge in [-0.05, 0) is 33.3 Å². The second-order valence-electron chi connectivity index (χ2n) is 4.99. The number of hydrogen-bond donors (Lipinski definition) is 2. The highest BCUT2D eigenvalue weighted by atomic mass is 35.5. The highest BCUT2D eigenvalue weighted by Crippen LogP contribution is 2.20. The molecule has 0 spiro atoms. The van der Waals surface area contributed by atoms with Crippen molar-refractivity contribution in [2.24, 2.45) is 0 Å². The minimum atomic E-state index is -1.28. The number of rotatable bonds is 5. The molecule has 6 heteroatoms. The van der Waals surface area contributed by atoms with Gasteiger partial charge in [-0.3, -0.25) is 4.79 Å². The molecule has 2 N–H and O–H groups in total. The molecule has 106 valence electrons. The van der Waals surface area contributed by atoms with E-state index in [1.807, 2.05) is 13.8 Å². The summed E-state index contributed by atoms with van der Waals surface area (Å²) in [6.07, 6.45) is 1.95. The van der Waals surface area contributed by atoms with Gasteiger partial charge in [0.2, 0.25) is 0 Å². The van der Waals surface area contributed by atoms with Crippen molar-refractivity contribution in [1.82, 2.24) is 9.88 Å².